The van der Waals surface area contributed by atoms with Crippen molar-refractivity contribution in [3.8, 4) is 5.75 Å². The largest absolute Gasteiger partial charge is 0.497 e. The second-order valence-corrected chi connectivity index (χ2v) is 6.02. The highest BCUT2D eigenvalue weighted by Gasteiger charge is 2.30. The number of ether oxygens (including phenoxy) is 1. The van der Waals surface area contributed by atoms with Crippen LogP contribution in [0.15, 0.2) is 60.9 Å². The predicted molar refractivity (Wildman–Crippen MR) is 100 cm³/mol. The Bertz CT molecular complexity index is 956. The predicted octanol–water partition coefficient (Wildman–Crippen LogP) is 3.41. The van der Waals surface area contributed by atoms with Gasteiger partial charge in [0.05, 0.1) is 24.9 Å². The lowest BCUT2D eigenvalue weighted by Crippen LogP contribution is -2.25. The van der Waals surface area contributed by atoms with Gasteiger partial charge in [0.15, 0.2) is 5.82 Å². The number of anilines is 3. The maximum Gasteiger partial charge on any atom is 0.261 e. The Kier molecular flexibility index (Phi) is 4.01. The average molecular weight is 346 g/mol. The number of benzene rings is 1. The lowest BCUT2D eigenvalue weighted by atomic mass is 10.2. The molecule has 1 amide bonds. The molecule has 1 aromatic carbocycles. The number of pyridine rings is 2. The minimum absolute atomic E-state index is 0.0976. The van der Waals surface area contributed by atoms with Gasteiger partial charge < -0.3 is 14.5 Å². The number of hydrogen-bond acceptors (Lipinski definition) is 5. The van der Waals surface area contributed by atoms with Crippen LogP contribution < -0.4 is 14.5 Å². The van der Waals surface area contributed by atoms with Gasteiger partial charge in [-0.3, -0.25) is 4.79 Å². The number of aromatic nitrogens is 2. The van der Waals surface area contributed by atoms with E-state index >= 15 is 0 Å². The average Bonchev–Trinajstić information content (AvgIpc) is 2.79. The fraction of sp³-hybridized carbons (Fsp3) is 0.150. The molecule has 0 aliphatic carbocycles. The molecule has 6 nitrogen and oxygen atoms in total. The Balaban J connectivity index is 1.85. The first-order valence-corrected chi connectivity index (χ1v) is 8.27. The van der Waals surface area contributed by atoms with Gasteiger partial charge in [-0.25, -0.2) is 9.97 Å². The van der Waals surface area contributed by atoms with Crippen LogP contribution >= 0.6 is 0 Å². The third-order valence-corrected chi connectivity index (χ3v) is 4.46. The first-order chi connectivity index (χ1) is 12.7. The lowest BCUT2D eigenvalue weighted by Gasteiger charge is -2.24. The normalized spacial score (nSPS) is 13.1. The smallest absolute Gasteiger partial charge is 0.261 e. The van der Waals surface area contributed by atoms with E-state index in [-0.39, 0.29) is 5.91 Å². The maximum absolute atomic E-state index is 12.9. The van der Waals surface area contributed by atoms with E-state index in [9.17, 15) is 4.79 Å². The highest BCUT2D eigenvalue weighted by molar-refractivity contribution is 6.12. The van der Waals surface area contributed by atoms with Crippen molar-refractivity contribution in [3.05, 3.63) is 72.1 Å². The molecular formula is C20H18N4O2. The number of fused-ring (bicyclic) bond motifs is 2. The van der Waals surface area contributed by atoms with Gasteiger partial charge >= 0.3 is 0 Å². The first kappa shape index (κ1) is 16.1. The van der Waals surface area contributed by atoms with Gasteiger partial charge in [-0.15, -0.1) is 0 Å². The maximum atomic E-state index is 12.9. The molecule has 2 aromatic heterocycles. The zero-order valence-corrected chi connectivity index (χ0v) is 14.6. The molecule has 1 aliphatic heterocycles. The van der Waals surface area contributed by atoms with E-state index in [0.29, 0.717) is 23.7 Å². The topological polar surface area (TPSA) is 58.6 Å². The number of nitrogens with zero attached hydrogens (tertiary/aromatic N) is 4. The van der Waals surface area contributed by atoms with E-state index in [1.807, 2.05) is 41.3 Å². The van der Waals surface area contributed by atoms with E-state index in [2.05, 4.69) is 9.97 Å². The van der Waals surface area contributed by atoms with Crippen LogP contribution in [0.4, 0.5) is 17.3 Å². The SMILES string of the molecule is COc1ccc(CN2c3ncccc3C(=O)N(C)c3cccnc32)cc1. The summed E-state index contributed by atoms with van der Waals surface area (Å²) in [6, 6.07) is 15.1. The second kappa shape index (κ2) is 6.48. The zero-order valence-electron chi connectivity index (χ0n) is 14.6. The molecular weight excluding hydrogens is 328 g/mol. The molecule has 0 saturated carbocycles. The molecule has 0 fully saturated rings. The minimum Gasteiger partial charge on any atom is -0.497 e. The molecule has 0 spiro atoms. The summed E-state index contributed by atoms with van der Waals surface area (Å²) in [5.41, 5.74) is 2.38. The summed E-state index contributed by atoms with van der Waals surface area (Å²) in [5.74, 6) is 2.02. The molecule has 1 aliphatic rings. The van der Waals surface area contributed by atoms with Gasteiger partial charge in [-0.1, -0.05) is 12.1 Å². The summed E-state index contributed by atoms with van der Waals surface area (Å²) >= 11 is 0. The Morgan fingerprint density at radius 2 is 1.65 bits per heavy atom. The van der Waals surface area contributed by atoms with Crippen molar-refractivity contribution < 1.29 is 9.53 Å². The van der Waals surface area contributed by atoms with Crippen LogP contribution in [-0.2, 0) is 6.54 Å². The van der Waals surface area contributed by atoms with Gasteiger partial charge in [0.2, 0.25) is 0 Å². The van der Waals surface area contributed by atoms with Crippen molar-refractivity contribution in [2.45, 2.75) is 6.54 Å². The Hall–Kier alpha value is -3.41. The van der Waals surface area contributed by atoms with Crippen molar-refractivity contribution in [2.24, 2.45) is 0 Å². The van der Waals surface area contributed by atoms with Gasteiger partial charge in [0, 0.05) is 19.4 Å². The number of amides is 1. The standard InChI is InChI=1S/C20H18N4O2/c1-23-17-6-4-12-22-19(17)24(13-14-7-9-15(26-2)10-8-14)18-16(20(23)25)5-3-11-21-18/h3-12H,13H2,1-2H3. The molecule has 26 heavy (non-hydrogen) atoms. The number of carbonyl (C=O) groups excluding carboxylic acids is 1. The molecule has 6 heteroatoms. The van der Waals surface area contributed by atoms with E-state index in [1.165, 1.54) is 0 Å². The Morgan fingerprint density at radius 1 is 0.962 bits per heavy atom. The van der Waals surface area contributed by atoms with Gasteiger partial charge in [0.1, 0.15) is 11.6 Å². The van der Waals surface area contributed by atoms with Crippen LogP contribution in [-0.4, -0.2) is 30.0 Å². The van der Waals surface area contributed by atoms with Crippen molar-refractivity contribution in [3.63, 3.8) is 0 Å². The van der Waals surface area contributed by atoms with Crippen LogP contribution in [0.25, 0.3) is 0 Å². The fourth-order valence-corrected chi connectivity index (χ4v) is 3.09. The zero-order chi connectivity index (χ0) is 18.1. The number of rotatable bonds is 3. The third kappa shape index (κ3) is 2.65. The summed E-state index contributed by atoms with van der Waals surface area (Å²) in [5, 5.41) is 0. The van der Waals surface area contributed by atoms with E-state index < -0.39 is 0 Å². The molecule has 4 rings (SSSR count). The fourth-order valence-electron chi connectivity index (χ4n) is 3.09. The second-order valence-electron chi connectivity index (χ2n) is 6.02. The molecule has 0 radical (unpaired) electrons. The molecule has 130 valence electrons. The molecule has 0 N–H and O–H groups in total. The highest BCUT2D eigenvalue weighted by Crippen LogP contribution is 2.38. The monoisotopic (exact) mass is 346 g/mol. The van der Waals surface area contributed by atoms with Crippen LogP contribution in [0.1, 0.15) is 15.9 Å². The third-order valence-electron chi connectivity index (χ3n) is 4.46. The summed E-state index contributed by atoms with van der Waals surface area (Å²) in [6.45, 7) is 0.541. The van der Waals surface area contributed by atoms with E-state index in [0.717, 1.165) is 17.0 Å². The van der Waals surface area contributed by atoms with Crippen LogP contribution in [0, 0.1) is 0 Å². The van der Waals surface area contributed by atoms with E-state index in [4.69, 9.17) is 4.74 Å². The highest BCUT2D eigenvalue weighted by atomic mass is 16.5. The van der Waals surface area contributed by atoms with Gasteiger partial charge in [-0.05, 0) is 42.0 Å². The summed E-state index contributed by atoms with van der Waals surface area (Å²) in [7, 11) is 3.40. The van der Waals surface area contributed by atoms with Gasteiger partial charge in [-0.2, -0.15) is 0 Å². The van der Waals surface area contributed by atoms with Crippen LogP contribution in [0.5, 0.6) is 5.75 Å². The van der Waals surface area contributed by atoms with Crippen LogP contribution in [0.2, 0.25) is 0 Å². The quantitative estimate of drug-likeness (QED) is 0.727. The van der Waals surface area contributed by atoms with E-state index in [1.54, 1.807) is 43.6 Å². The molecule has 3 aromatic rings. The Labute approximate surface area is 151 Å². The van der Waals surface area contributed by atoms with Crippen molar-refractivity contribution in [1.29, 1.82) is 0 Å². The van der Waals surface area contributed by atoms with Crippen molar-refractivity contribution in [2.75, 3.05) is 24.0 Å². The number of hydrogen-bond donors (Lipinski definition) is 0. The van der Waals surface area contributed by atoms with Crippen molar-refractivity contribution in [1.82, 2.24) is 9.97 Å². The van der Waals surface area contributed by atoms with Crippen molar-refractivity contribution >= 4 is 23.2 Å². The number of carbonyl (C=O) groups is 1. The molecule has 0 unspecified atom stereocenters. The summed E-state index contributed by atoms with van der Waals surface area (Å²) in [4.78, 5) is 25.5. The molecule has 0 atom stereocenters. The Morgan fingerprint density at radius 3 is 2.38 bits per heavy atom. The number of methoxy groups -OCH3 is 1. The summed E-state index contributed by atoms with van der Waals surface area (Å²) < 4.78 is 5.23. The minimum atomic E-state index is -0.0976. The summed E-state index contributed by atoms with van der Waals surface area (Å²) in [6.07, 6.45) is 3.42. The molecule has 0 saturated heterocycles. The van der Waals surface area contributed by atoms with Gasteiger partial charge in [0.25, 0.3) is 5.91 Å². The molecule has 3 heterocycles. The lowest BCUT2D eigenvalue weighted by molar-refractivity contribution is 0.0994. The molecule has 0 bridgehead atoms. The first-order valence-electron chi connectivity index (χ1n) is 8.27. The van der Waals surface area contributed by atoms with Crippen LogP contribution in [0.3, 0.4) is 0 Å².